The molecule has 0 spiro atoms. The average Bonchev–Trinajstić information content (AvgIpc) is 2.96. The van der Waals surface area contributed by atoms with Crippen LogP contribution in [0.15, 0.2) is 16.8 Å². The minimum Gasteiger partial charge on any atom is -0.349 e. The molecule has 102 valence electrons. The maximum atomic E-state index is 11.9. The van der Waals surface area contributed by atoms with Crippen molar-refractivity contribution >= 4 is 17.2 Å². The first kappa shape index (κ1) is 14.0. The molecule has 0 saturated carbocycles. The lowest BCUT2D eigenvalue weighted by Gasteiger charge is -2.34. The first-order valence-corrected chi connectivity index (χ1v) is 7.65. The molecule has 4 nitrogen and oxygen atoms in total. The number of hydrogen-bond donors (Lipinski definition) is 1. The van der Waals surface area contributed by atoms with Crippen LogP contribution in [0.4, 0.5) is 0 Å². The Kier molecular flexibility index (Phi) is 4.94. The topological polar surface area (TPSA) is 56.1 Å². The summed E-state index contributed by atoms with van der Waals surface area (Å²) in [6.45, 7) is 3.82. The van der Waals surface area contributed by atoms with Crippen molar-refractivity contribution in [3.05, 3.63) is 22.4 Å². The summed E-state index contributed by atoms with van der Waals surface area (Å²) in [6, 6.07) is 4.44. The van der Waals surface area contributed by atoms with Crippen molar-refractivity contribution in [1.29, 1.82) is 5.26 Å². The number of likely N-dealkylation sites (tertiary alicyclic amines) is 1. The third-order valence-electron chi connectivity index (χ3n) is 3.62. The van der Waals surface area contributed by atoms with Crippen LogP contribution in [0, 0.1) is 11.3 Å². The van der Waals surface area contributed by atoms with E-state index >= 15 is 0 Å². The lowest BCUT2D eigenvalue weighted by atomic mass is 10.0. The van der Waals surface area contributed by atoms with Crippen molar-refractivity contribution in [3.8, 4) is 6.07 Å². The van der Waals surface area contributed by atoms with Gasteiger partial charge in [-0.3, -0.25) is 9.69 Å². The molecule has 0 radical (unpaired) electrons. The van der Waals surface area contributed by atoms with Gasteiger partial charge in [0.05, 0.1) is 12.1 Å². The Labute approximate surface area is 118 Å². The molecule has 1 amide bonds. The Morgan fingerprint density at radius 3 is 2.89 bits per heavy atom. The van der Waals surface area contributed by atoms with E-state index < -0.39 is 0 Å². The number of nitrogens with zero attached hydrogens (tertiary/aromatic N) is 2. The second kappa shape index (κ2) is 6.69. The highest BCUT2D eigenvalue weighted by Gasteiger charge is 2.25. The predicted molar refractivity (Wildman–Crippen MR) is 76.1 cm³/mol. The second-order valence-corrected chi connectivity index (χ2v) is 5.63. The number of carbonyl (C=O) groups excluding carboxylic acids is 1. The summed E-state index contributed by atoms with van der Waals surface area (Å²) in [4.78, 5) is 14.1. The minimum absolute atomic E-state index is 0.0204. The molecule has 0 bridgehead atoms. The lowest BCUT2D eigenvalue weighted by molar-refractivity contribution is 0.0903. The maximum absolute atomic E-state index is 11.9. The van der Waals surface area contributed by atoms with Crippen molar-refractivity contribution < 1.29 is 4.79 Å². The Bertz CT molecular complexity index is 444. The first-order valence-electron chi connectivity index (χ1n) is 6.71. The van der Waals surface area contributed by atoms with Crippen LogP contribution >= 0.6 is 11.3 Å². The van der Waals surface area contributed by atoms with Crippen LogP contribution in [-0.4, -0.2) is 36.0 Å². The van der Waals surface area contributed by atoms with Crippen LogP contribution in [0.25, 0.3) is 0 Å². The minimum atomic E-state index is 0.0204. The number of rotatable bonds is 4. The van der Waals surface area contributed by atoms with E-state index in [1.54, 1.807) is 0 Å². The Balaban J connectivity index is 1.81. The molecule has 1 aliphatic heterocycles. The maximum Gasteiger partial charge on any atom is 0.252 e. The van der Waals surface area contributed by atoms with Crippen LogP contribution in [0.5, 0.6) is 0 Å². The molecule has 1 saturated heterocycles. The van der Waals surface area contributed by atoms with Crippen LogP contribution in [0.2, 0.25) is 0 Å². The van der Waals surface area contributed by atoms with Gasteiger partial charge in [-0.1, -0.05) is 6.92 Å². The van der Waals surface area contributed by atoms with Gasteiger partial charge in [0.2, 0.25) is 0 Å². The fourth-order valence-electron chi connectivity index (χ4n) is 2.45. The smallest absolute Gasteiger partial charge is 0.252 e. The summed E-state index contributed by atoms with van der Waals surface area (Å²) in [5.74, 6) is 0.0204. The third-order valence-corrected chi connectivity index (χ3v) is 4.31. The summed E-state index contributed by atoms with van der Waals surface area (Å²) in [5, 5.41) is 15.9. The Hall–Kier alpha value is -1.38. The van der Waals surface area contributed by atoms with Gasteiger partial charge in [-0.25, -0.2) is 0 Å². The second-order valence-electron chi connectivity index (χ2n) is 4.85. The summed E-state index contributed by atoms with van der Waals surface area (Å²) >= 11 is 1.54. The van der Waals surface area contributed by atoms with Gasteiger partial charge in [0.25, 0.3) is 5.91 Å². The van der Waals surface area contributed by atoms with Gasteiger partial charge in [0.15, 0.2) is 0 Å². The zero-order valence-corrected chi connectivity index (χ0v) is 11.9. The normalized spacial score (nSPS) is 18.7. The van der Waals surface area contributed by atoms with E-state index in [1.165, 1.54) is 11.3 Å². The van der Waals surface area contributed by atoms with Crippen molar-refractivity contribution in [2.75, 3.05) is 13.1 Å². The standard InChI is InChI=1S/C14H19N3OS/c1-2-13(9-15)17-6-3-12(4-7-17)16-14(18)11-5-8-19-10-11/h5,8,10,12-13H,2-4,6-7H2,1H3,(H,16,18)/t13-/m0/s1. The van der Waals surface area contributed by atoms with Crippen molar-refractivity contribution in [1.82, 2.24) is 10.2 Å². The fraction of sp³-hybridized carbons (Fsp3) is 0.571. The van der Waals surface area contributed by atoms with Gasteiger partial charge in [-0.15, -0.1) is 0 Å². The number of carbonyl (C=O) groups is 1. The van der Waals surface area contributed by atoms with Gasteiger partial charge in [0, 0.05) is 30.1 Å². The molecule has 1 N–H and O–H groups in total. The van der Waals surface area contributed by atoms with Crippen molar-refractivity contribution in [3.63, 3.8) is 0 Å². The SMILES string of the molecule is CC[C@@H](C#N)N1CCC(NC(=O)c2ccsc2)CC1. The number of amides is 1. The highest BCUT2D eigenvalue weighted by molar-refractivity contribution is 7.08. The molecule has 1 fully saturated rings. The summed E-state index contributed by atoms with van der Waals surface area (Å²) in [7, 11) is 0. The zero-order chi connectivity index (χ0) is 13.7. The highest BCUT2D eigenvalue weighted by atomic mass is 32.1. The molecule has 19 heavy (non-hydrogen) atoms. The van der Waals surface area contributed by atoms with Crippen LogP contribution < -0.4 is 5.32 Å². The number of thiophene rings is 1. The van der Waals surface area contributed by atoms with Crippen LogP contribution in [0.3, 0.4) is 0 Å². The van der Waals surface area contributed by atoms with Crippen molar-refractivity contribution in [2.24, 2.45) is 0 Å². The largest absolute Gasteiger partial charge is 0.349 e. The van der Waals surface area contributed by atoms with E-state index in [0.717, 1.165) is 37.9 Å². The average molecular weight is 277 g/mol. The van der Waals surface area contributed by atoms with E-state index in [2.05, 4.69) is 16.3 Å². The number of piperidine rings is 1. The first-order chi connectivity index (χ1) is 9.24. The highest BCUT2D eigenvalue weighted by Crippen LogP contribution is 2.15. The van der Waals surface area contributed by atoms with Crippen molar-refractivity contribution in [2.45, 2.75) is 38.3 Å². The molecule has 5 heteroatoms. The van der Waals surface area contributed by atoms with E-state index in [4.69, 9.17) is 5.26 Å². The summed E-state index contributed by atoms with van der Waals surface area (Å²) < 4.78 is 0. The predicted octanol–water partition coefficient (Wildman–Crippen LogP) is 2.24. The molecule has 0 unspecified atom stereocenters. The quantitative estimate of drug-likeness (QED) is 0.918. The number of hydrogen-bond acceptors (Lipinski definition) is 4. The molecule has 1 aromatic rings. The number of nitrogens with one attached hydrogen (secondary N) is 1. The summed E-state index contributed by atoms with van der Waals surface area (Å²) in [6.07, 6.45) is 2.71. The Morgan fingerprint density at radius 2 is 2.37 bits per heavy atom. The molecule has 1 aliphatic rings. The monoisotopic (exact) mass is 277 g/mol. The van der Waals surface area contributed by atoms with E-state index in [1.807, 2.05) is 23.8 Å². The van der Waals surface area contributed by atoms with Gasteiger partial charge in [0.1, 0.15) is 0 Å². The molecule has 1 atom stereocenters. The molecule has 2 heterocycles. The van der Waals surface area contributed by atoms with Gasteiger partial charge in [-0.05, 0) is 30.7 Å². The number of nitriles is 1. The van der Waals surface area contributed by atoms with Gasteiger partial charge in [-0.2, -0.15) is 16.6 Å². The third kappa shape index (κ3) is 3.55. The zero-order valence-electron chi connectivity index (χ0n) is 11.1. The molecular formula is C14H19N3OS. The van der Waals surface area contributed by atoms with E-state index in [9.17, 15) is 4.79 Å². The van der Waals surface area contributed by atoms with Gasteiger partial charge < -0.3 is 5.32 Å². The lowest BCUT2D eigenvalue weighted by Crippen LogP contribution is -2.47. The molecule has 0 aliphatic carbocycles. The molecular weight excluding hydrogens is 258 g/mol. The molecule has 0 aromatic carbocycles. The fourth-order valence-corrected chi connectivity index (χ4v) is 3.08. The van der Waals surface area contributed by atoms with Gasteiger partial charge >= 0.3 is 0 Å². The van der Waals surface area contributed by atoms with E-state index in [0.29, 0.717) is 0 Å². The van der Waals surface area contributed by atoms with Crippen LogP contribution in [0.1, 0.15) is 36.5 Å². The molecule has 1 aromatic heterocycles. The molecule has 2 rings (SSSR count). The van der Waals surface area contributed by atoms with Crippen LogP contribution in [-0.2, 0) is 0 Å². The van der Waals surface area contributed by atoms with E-state index in [-0.39, 0.29) is 18.0 Å². The summed E-state index contributed by atoms with van der Waals surface area (Å²) in [5.41, 5.74) is 0.746. The Morgan fingerprint density at radius 1 is 1.63 bits per heavy atom.